The predicted octanol–water partition coefficient (Wildman–Crippen LogP) is 2.19. The summed E-state index contributed by atoms with van der Waals surface area (Å²) in [6.07, 6.45) is 2.28. The van der Waals surface area contributed by atoms with E-state index in [1.54, 1.807) is 0 Å². The highest BCUT2D eigenvalue weighted by Gasteiger charge is 2.29. The number of likely N-dealkylation sites (tertiary alicyclic amines) is 1. The van der Waals surface area contributed by atoms with Gasteiger partial charge in [-0.2, -0.15) is 5.26 Å². The van der Waals surface area contributed by atoms with Crippen molar-refractivity contribution in [1.82, 2.24) is 15.2 Å². The third-order valence-corrected chi connectivity index (χ3v) is 4.83. The summed E-state index contributed by atoms with van der Waals surface area (Å²) in [5, 5.41) is 24.5. The second-order valence-electron chi connectivity index (χ2n) is 5.45. The van der Waals surface area contributed by atoms with Crippen LogP contribution in [0.2, 0.25) is 0 Å². The van der Waals surface area contributed by atoms with Crippen LogP contribution in [0.1, 0.15) is 17.7 Å². The van der Waals surface area contributed by atoms with Crippen molar-refractivity contribution in [3.05, 3.63) is 40.7 Å². The van der Waals surface area contributed by atoms with Crippen LogP contribution in [-0.4, -0.2) is 34.6 Å². The van der Waals surface area contributed by atoms with Gasteiger partial charge in [-0.15, -0.1) is 11.3 Å². The van der Waals surface area contributed by atoms with Crippen molar-refractivity contribution in [2.75, 3.05) is 19.6 Å². The molecule has 1 aromatic heterocycles. The molecule has 0 radical (unpaired) electrons. The summed E-state index contributed by atoms with van der Waals surface area (Å²) in [5.74, 6) is 0.405. The number of aliphatic hydroxyl groups excluding tert-OH is 1. The minimum absolute atomic E-state index is 0.405. The van der Waals surface area contributed by atoms with Crippen molar-refractivity contribution < 1.29 is 5.11 Å². The Kier molecular flexibility index (Phi) is 4.68. The molecule has 1 aromatic carbocycles. The molecule has 2 atom stereocenters. The van der Waals surface area contributed by atoms with Crippen LogP contribution in [0.3, 0.4) is 0 Å². The fourth-order valence-corrected chi connectivity index (χ4v) is 3.59. The van der Waals surface area contributed by atoms with E-state index >= 15 is 0 Å². The highest BCUT2D eigenvalue weighted by molar-refractivity contribution is 7.10. The van der Waals surface area contributed by atoms with E-state index in [2.05, 4.69) is 10.3 Å². The zero-order chi connectivity index (χ0) is 15.4. The fraction of sp³-hybridized carbons (Fsp3) is 0.375. The van der Waals surface area contributed by atoms with E-state index in [1.807, 2.05) is 46.8 Å². The lowest BCUT2D eigenvalue weighted by molar-refractivity contribution is 0.0163. The van der Waals surface area contributed by atoms with Crippen LogP contribution < -0.4 is 5.32 Å². The standard InChI is InChI=1S/C16H18N4OS/c17-11-18-8-12-6-7-20(9-12)16(21)15-19-14(10-22-15)13-4-2-1-3-5-13/h1-5,10,12,16,18,21H,6-9H2/t12-,16?/m1/s1. The van der Waals surface area contributed by atoms with Gasteiger partial charge in [0.2, 0.25) is 0 Å². The van der Waals surface area contributed by atoms with Crippen molar-refractivity contribution in [2.24, 2.45) is 5.92 Å². The number of nitriles is 1. The second-order valence-corrected chi connectivity index (χ2v) is 6.34. The maximum absolute atomic E-state index is 10.5. The van der Waals surface area contributed by atoms with E-state index < -0.39 is 6.23 Å². The van der Waals surface area contributed by atoms with Crippen LogP contribution in [0.25, 0.3) is 11.3 Å². The monoisotopic (exact) mass is 314 g/mol. The summed E-state index contributed by atoms with van der Waals surface area (Å²) in [4.78, 5) is 6.60. The molecule has 114 valence electrons. The fourth-order valence-electron chi connectivity index (χ4n) is 2.75. The van der Waals surface area contributed by atoms with Crippen LogP contribution in [0, 0.1) is 17.4 Å². The Morgan fingerprint density at radius 2 is 2.27 bits per heavy atom. The minimum Gasteiger partial charge on any atom is -0.372 e. The SMILES string of the molecule is N#CNC[C@H]1CCN(C(O)c2nc(-c3ccccc3)cs2)C1. The van der Waals surface area contributed by atoms with E-state index in [0.717, 1.165) is 35.8 Å². The molecule has 5 nitrogen and oxygen atoms in total. The Morgan fingerprint density at radius 3 is 3.05 bits per heavy atom. The molecule has 0 aliphatic carbocycles. The number of thiazole rings is 1. The van der Waals surface area contributed by atoms with E-state index in [0.29, 0.717) is 12.5 Å². The first-order valence-corrected chi connectivity index (χ1v) is 8.21. The van der Waals surface area contributed by atoms with Gasteiger partial charge in [0.05, 0.1) is 5.69 Å². The average molecular weight is 314 g/mol. The summed E-state index contributed by atoms with van der Waals surface area (Å²) in [7, 11) is 0. The summed E-state index contributed by atoms with van der Waals surface area (Å²) in [6.45, 7) is 2.29. The van der Waals surface area contributed by atoms with Crippen LogP contribution >= 0.6 is 11.3 Å². The molecular formula is C16H18N4OS. The first kappa shape index (κ1) is 15.0. The molecule has 0 bridgehead atoms. The predicted molar refractivity (Wildman–Crippen MR) is 85.8 cm³/mol. The third kappa shape index (κ3) is 3.28. The second kappa shape index (κ2) is 6.88. The molecule has 1 unspecified atom stereocenters. The van der Waals surface area contributed by atoms with Gasteiger partial charge in [-0.05, 0) is 12.3 Å². The molecule has 0 spiro atoms. The zero-order valence-corrected chi connectivity index (χ0v) is 13.0. The van der Waals surface area contributed by atoms with Crippen LogP contribution in [0.4, 0.5) is 0 Å². The van der Waals surface area contributed by atoms with Crippen molar-refractivity contribution in [3.8, 4) is 17.5 Å². The van der Waals surface area contributed by atoms with Crippen LogP contribution in [0.5, 0.6) is 0 Å². The maximum atomic E-state index is 10.5. The van der Waals surface area contributed by atoms with Gasteiger partial charge in [-0.25, -0.2) is 4.98 Å². The van der Waals surface area contributed by atoms with Gasteiger partial charge < -0.3 is 10.4 Å². The number of aromatic nitrogens is 1. The van der Waals surface area contributed by atoms with Gasteiger partial charge in [-0.1, -0.05) is 30.3 Å². The largest absolute Gasteiger partial charge is 0.372 e. The van der Waals surface area contributed by atoms with Gasteiger partial charge in [0, 0.05) is 30.6 Å². The molecular weight excluding hydrogens is 296 g/mol. The molecule has 1 aliphatic heterocycles. The average Bonchev–Trinajstić information content (AvgIpc) is 3.23. The van der Waals surface area contributed by atoms with E-state index in [9.17, 15) is 5.11 Å². The summed E-state index contributed by atoms with van der Waals surface area (Å²) in [5.41, 5.74) is 1.97. The van der Waals surface area contributed by atoms with Crippen molar-refractivity contribution in [3.63, 3.8) is 0 Å². The lowest BCUT2D eigenvalue weighted by Gasteiger charge is -2.21. The molecule has 0 amide bonds. The molecule has 2 aromatic rings. The lowest BCUT2D eigenvalue weighted by Crippen LogP contribution is -2.28. The van der Waals surface area contributed by atoms with Crippen LogP contribution in [0.15, 0.2) is 35.7 Å². The number of benzene rings is 1. The number of rotatable bonds is 5. The molecule has 1 saturated heterocycles. The highest BCUT2D eigenvalue weighted by Crippen LogP contribution is 2.30. The van der Waals surface area contributed by atoms with Gasteiger partial charge >= 0.3 is 0 Å². The van der Waals surface area contributed by atoms with Gasteiger partial charge in [0.15, 0.2) is 12.4 Å². The Hall–Kier alpha value is -1.94. The topological polar surface area (TPSA) is 72.2 Å². The minimum atomic E-state index is -0.658. The summed E-state index contributed by atoms with van der Waals surface area (Å²) < 4.78 is 0. The Morgan fingerprint density at radius 1 is 1.45 bits per heavy atom. The number of hydrogen-bond acceptors (Lipinski definition) is 6. The summed E-state index contributed by atoms with van der Waals surface area (Å²) in [6, 6.07) is 9.98. The van der Waals surface area contributed by atoms with Gasteiger partial charge in [-0.3, -0.25) is 4.90 Å². The quantitative estimate of drug-likeness (QED) is 0.654. The third-order valence-electron chi connectivity index (χ3n) is 3.95. The first-order valence-electron chi connectivity index (χ1n) is 7.33. The molecule has 1 aliphatic rings. The number of aliphatic hydroxyl groups is 1. The highest BCUT2D eigenvalue weighted by atomic mass is 32.1. The molecule has 22 heavy (non-hydrogen) atoms. The molecule has 6 heteroatoms. The Balaban J connectivity index is 1.65. The summed E-state index contributed by atoms with van der Waals surface area (Å²) >= 11 is 1.49. The number of nitrogens with zero attached hydrogens (tertiary/aromatic N) is 3. The Bertz CT molecular complexity index is 652. The van der Waals surface area contributed by atoms with Gasteiger partial charge in [0.1, 0.15) is 5.01 Å². The van der Waals surface area contributed by atoms with Crippen molar-refractivity contribution in [1.29, 1.82) is 5.26 Å². The smallest absolute Gasteiger partial charge is 0.176 e. The van der Waals surface area contributed by atoms with Crippen molar-refractivity contribution >= 4 is 11.3 Å². The Labute approximate surface area is 133 Å². The first-order chi connectivity index (χ1) is 10.8. The molecule has 3 rings (SSSR count). The molecule has 2 N–H and O–H groups in total. The normalized spacial score (nSPS) is 19.7. The van der Waals surface area contributed by atoms with Crippen LogP contribution in [-0.2, 0) is 0 Å². The van der Waals surface area contributed by atoms with Crippen molar-refractivity contribution in [2.45, 2.75) is 12.6 Å². The zero-order valence-electron chi connectivity index (χ0n) is 12.1. The number of hydrogen-bond donors (Lipinski definition) is 2. The molecule has 0 saturated carbocycles. The van der Waals surface area contributed by atoms with E-state index in [-0.39, 0.29) is 0 Å². The van der Waals surface area contributed by atoms with E-state index in [4.69, 9.17) is 5.26 Å². The van der Waals surface area contributed by atoms with Gasteiger partial charge in [0.25, 0.3) is 0 Å². The lowest BCUT2D eigenvalue weighted by atomic mass is 10.1. The molecule has 2 heterocycles. The maximum Gasteiger partial charge on any atom is 0.176 e. The number of nitrogens with one attached hydrogen (secondary N) is 1. The van der Waals surface area contributed by atoms with E-state index in [1.165, 1.54) is 11.3 Å². The molecule has 1 fully saturated rings.